The van der Waals surface area contributed by atoms with Crippen molar-refractivity contribution in [2.24, 2.45) is 11.3 Å². The van der Waals surface area contributed by atoms with Gasteiger partial charge in [0.05, 0.1) is 12.0 Å². The van der Waals surface area contributed by atoms with Gasteiger partial charge in [-0.25, -0.2) is 0 Å². The van der Waals surface area contributed by atoms with Crippen LogP contribution in [0.3, 0.4) is 0 Å². The third-order valence-electron chi connectivity index (χ3n) is 9.03. The standard InChI is InChI=1S/C31H49N/c1-3-5-7-10-15-27-16-18-28(19-17-27)31(23-13-9-14-24-31)29(26-32)25-30(20-6-4-2)21-11-8-12-22-30/h16-19,29H,3-15,20-25H2,1-2H3. The SMILES string of the molecule is CCCCCCc1ccc(C2(C(C#N)CC3(CCCC)CCCCC3)CCCCC2)cc1. The fourth-order valence-electron chi connectivity index (χ4n) is 6.99. The lowest BCUT2D eigenvalue weighted by atomic mass is 9.56. The van der Waals surface area contributed by atoms with Crippen molar-refractivity contribution in [3.8, 4) is 6.07 Å². The van der Waals surface area contributed by atoms with E-state index < -0.39 is 0 Å². The minimum Gasteiger partial charge on any atom is -0.198 e. The molecule has 2 saturated carbocycles. The first-order valence-electron chi connectivity index (χ1n) is 14.2. The summed E-state index contributed by atoms with van der Waals surface area (Å²) >= 11 is 0. The van der Waals surface area contributed by atoms with Crippen LogP contribution in [0.4, 0.5) is 0 Å². The molecule has 0 heterocycles. The molecule has 0 bridgehead atoms. The number of unbranched alkanes of at least 4 members (excludes halogenated alkanes) is 4. The largest absolute Gasteiger partial charge is 0.198 e. The molecule has 1 heteroatoms. The maximum Gasteiger partial charge on any atom is 0.0665 e. The lowest BCUT2D eigenvalue weighted by Gasteiger charge is -2.47. The molecule has 178 valence electrons. The number of hydrogen-bond donors (Lipinski definition) is 0. The Hall–Kier alpha value is -1.29. The predicted octanol–water partition coefficient (Wildman–Crippen LogP) is 9.68. The number of rotatable bonds is 12. The van der Waals surface area contributed by atoms with Gasteiger partial charge in [-0.1, -0.05) is 109 Å². The van der Waals surface area contributed by atoms with Gasteiger partial charge in [0, 0.05) is 5.41 Å². The zero-order valence-corrected chi connectivity index (χ0v) is 21.3. The van der Waals surface area contributed by atoms with Crippen molar-refractivity contribution >= 4 is 0 Å². The van der Waals surface area contributed by atoms with Gasteiger partial charge >= 0.3 is 0 Å². The molecule has 0 aliphatic heterocycles. The van der Waals surface area contributed by atoms with Gasteiger partial charge < -0.3 is 0 Å². The fraction of sp³-hybridized carbons (Fsp3) is 0.774. The second-order valence-corrected chi connectivity index (χ2v) is 11.3. The quantitative estimate of drug-likeness (QED) is 0.300. The highest BCUT2D eigenvalue weighted by atomic mass is 14.5. The Morgan fingerprint density at radius 3 is 2.00 bits per heavy atom. The Bertz CT molecular complexity index is 682. The first-order chi connectivity index (χ1) is 15.7. The topological polar surface area (TPSA) is 23.8 Å². The van der Waals surface area contributed by atoms with Crippen molar-refractivity contribution in [1.29, 1.82) is 5.26 Å². The number of nitrogens with zero attached hydrogens (tertiary/aromatic N) is 1. The van der Waals surface area contributed by atoms with Crippen LogP contribution < -0.4 is 0 Å². The van der Waals surface area contributed by atoms with Crippen LogP contribution >= 0.6 is 0 Å². The maximum absolute atomic E-state index is 10.5. The maximum atomic E-state index is 10.5. The summed E-state index contributed by atoms with van der Waals surface area (Å²) < 4.78 is 0. The molecule has 2 aliphatic carbocycles. The Morgan fingerprint density at radius 1 is 0.781 bits per heavy atom. The minimum atomic E-state index is 0.0877. The second-order valence-electron chi connectivity index (χ2n) is 11.3. The summed E-state index contributed by atoms with van der Waals surface area (Å²) in [4.78, 5) is 0. The molecule has 1 aromatic rings. The Kier molecular flexibility index (Phi) is 10.1. The number of hydrogen-bond acceptors (Lipinski definition) is 1. The number of nitriles is 1. The summed E-state index contributed by atoms with van der Waals surface area (Å²) in [6, 6.07) is 12.5. The van der Waals surface area contributed by atoms with Crippen LogP contribution in [0, 0.1) is 22.7 Å². The first-order valence-corrected chi connectivity index (χ1v) is 14.2. The molecule has 1 atom stereocenters. The van der Waals surface area contributed by atoms with Crippen LogP contribution in [-0.4, -0.2) is 0 Å². The van der Waals surface area contributed by atoms with Crippen LogP contribution in [0.1, 0.15) is 141 Å². The first kappa shape index (κ1) is 25.3. The fourth-order valence-corrected chi connectivity index (χ4v) is 6.99. The predicted molar refractivity (Wildman–Crippen MR) is 138 cm³/mol. The Balaban J connectivity index is 1.80. The molecule has 32 heavy (non-hydrogen) atoms. The summed E-state index contributed by atoms with van der Waals surface area (Å²) in [5.74, 6) is 0.174. The molecule has 2 fully saturated rings. The number of aryl methyl sites for hydroxylation is 1. The highest BCUT2D eigenvalue weighted by molar-refractivity contribution is 5.33. The molecule has 0 aromatic heterocycles. The van der Waals surface area contributed by atoms with E-state index >= 15 is 0 Å². The minimum absolute atomic E-state index is 0.0877. The molecule has 1 aromatic carbocycles. The molecule has 0 N–H and O–H groups in total. The van der Waals surface area contributed by atoms with Crippen LogP contribution in [0.25, 0.3) is 0 Å². The third kappa shape index (κ3) is 6.40. The van der Waals surface area contributed by atoms with Gasteiger partial charge in [0.15, 0.2) is 0 Å². The smallest absolute Gasteiger partial charge is 0.0665 e. The molecular formula is C31H49N. The van der Waals surface area contributed by atoms with Gasteiger partial charge in [-0.05, 0) is 67.9 Å². The lowest BCUT2D eigenvalue weighted by molar-refractivity contribution is 0.0973. The molecule has 1 nitrogen and oxygen atoms in total. The molecule has 0 amide bonds. The van der Waals surface area contributed by atoms with Gasteiger partial charge in [-0.2, -0.15) is 5.26 Å². The molecule has 0 radical (unpaired) electrons. The van der Waals surface area contributed by atoms with Crippen molar-refractivity contribution in [1.82, 2.24) is 0 Å². The summed E-state index contributed by atoms with van der Waals surface area (Å²) in [6.07, 6.45) is 24.8. The van der Waals surface area contributed by atoms with E-state index in [9.17, 15) is 5.26 Å². The zero-order valence-electron chi connectivity index (χ0n) is 21.3. The van der Waals surface area contributed by atoms with Crippen molar-refractivity contribution < 1.29 is 0 Å². The van der Waals surface area contributed by atoms with Gasteiger partial charge in [-0.3, -0.25) is 0 Å². The van der Waals surface area contributed by atoms with Crippen LogP contribution in [0.5, 0.6) is 0 Å². The molecule has 1 unspecified atom stereocenters. The molecule has 2 aliphatic rings. The third-order valence-corrected chi connectivity index (χ3v) is 9.03. The Morgan fingerprint density at radius 2 is 1.41 bits per heavy atom. The molecule has 0 spiro atoms. The normalized spacial score (nSPS) is 21.0. The zero-order chi connectivity index (χ0) is 22.7. The van der Waals surface area contributed by atoms with E-state index in [0.29, 0.717) is 5.41 Å². The highest BCUT2D eigenvalue weighted by Gasteiger charge is 2.45. The van der Waals surface area contributed by atoms with E-state index in [1.807, 2.05) is 0 Å². The van der Waals surface area contributed by atoms with E-state index in [1.54, 1.807) is 0 Å². The average Bonchev–Trinajstić information content (AvgIpc) is 2.85. The second kappa shape index (κ2) is 12.8. The van der Waals surface area contributed by atoms with Gasteiger partial charge in [0.25, 0.3) is 0 Å². The summed E-state index contributed by atoms with van der Waals surface area (Å²) in [7, 11) is 0. The molecular weight excluding hydrogens is 386 g/mol. The van der Waals surface area contributed by atoms with E-state index in [2.05, 4.69) is 44.2 Å². The van der Waals surface area contributed by atoms with Crippen molar-refractivity contribution in [2.75, 3.05) is 0 Å². The van der Waals surface area contributed by atoms with E-state index in [-0.39, 0.29) is 11.3 Å². The lowest BCUT2D eigenvalue weighted by Crippen LogP contribution is -2.40. The van der Waals surface area contributed by atoms with Crippen molar-refractivity contribution in [3.05, 3.63) is 35.4 Å². The molecule has 3 rings (SSSR count). The van der Waals surface area contributed by atoms with E-state index in [1.165, 1.54) is 127 Å². The molecule has 0 saturated heterocycles. The summed E-state index contributed by atoms with van der Waals surface area (Å²) in [5, 5.41) is 10.5. The monoisotopic (exact) mass is 435 g/mol. The summed E-state index contributed by atoms with van der Waals surface area (Å²) in [6.45, 7) is 4.61. The van der Waals surface area contributed by atoms with Gasteiger partial charge in [0.2, 0.25) is 0 Å². The van der Waals surface area contributed by atoms with E-state index in [4.69, 9.17) is 0 Å². The van der Waals surface area contributed by atoms with Crippen LogP contribution in [-0.2, 0) is 11.8 Å². The van der Waals surface area contributed by atoms with E-state index in [0.717, 1.165) is 6.42 Å². The average molecular weight is 436 g/mol. The van der Waals surface area contributed by atoms with Crippen molar-refractivity contribution in [3.63, 3.8) is 0 Å². The van der Waals surface area contributed by atoms with Crippen LogP contribution in [0.2, 0.25) is 0 Å². The van der Waals surface area contributed by atoms with Crippen LogP contribution in [0.15, 0.2) is 24.3 Å². The van der Waals surface area contributed by atoms with Gasteiger partial charge in [0.1, 0.15) is 0 Å². The van der Waals surface area contributed by atoms with Crippen molar-refractivity contribution in [2.45, 2.75) is 141 Å². The number of benzene rings is 1. The van der Waals surface area contributed by atoms with Gasteiger partial charge in [-0.15, -0.1) is 0 Å². The summed E-state index contributed by atoms with van der Waals surface area (Å²) in [5.41, 5.74) is 3.47. The Labute approximate surface area is 199 Å². The highest BCUT2D eigenvalue weighted by Crippen LogP contribution is 2.53.